The van der Waals surface area contributed by atoms with Crippen molar-refractivity contribution >= 4 is 29.6 Å². The molecule has 12 nitrogen and oxygen atoms in total. The molecule has 0 unspecified atom stereocenters. The number of ether oxygens (including phenoxy) is 5. The minimum Gasteiger partial charge on any atom is -0.497 e. The summed E-state index contributed by atoms with van der Waals surface area (Å²) in [7, 11) is 6.28. The van der Waals surface area contributed by atoms with Gasteiger partial charge in [0.2, 0.25) is 11.6 Å². The first-order valence-corrected chi connectivity index (χ1v) is 15.5. The number of carbonyl (C=O) groups is 5. The second kappa shape index (κ2) is 17.3. The lowest BCUT2D eigenvalue weighted by Gasteiger charge is -2.19. The van der Waals surface area contributed by atoms with Crippen molar-refractivity contribution in [2.24, 2.45) is 0 Å². The van der Waals surface area contributed by atoms with E-state index in [4.69, 9.17) is 18.9 Å². The standard InChI is InChI=1S/C19H17NO4.C10H7NO2.C10H12O4/c1-11-15(10-12-9-13(23-2)6-7-16(12)24-3)19(22)14-5-4-8-20-17(14)18(11)21;1-6-5-8(12)7-3-2-4-11-9(7)10(6)13;1-12-9-3-4-10(13-2)8(5-9)6-14-7-11/h4-9H,10H2,1-3H3;2-5H,1H3;3-5,7H,6H2,1-2H3. The predicted molar refractivity (Wildman–Crippen MR) is 186 cm³/mol. The van der Waals surface area contributed by atoms with Gasteiger partial charge in [-0.05, 0) is 80.6 Å². The summed E-state index contributed by atoms with van der Waals surface area (Å²) in [6.45, 7) is 3.88. The van der Waals surface area contributed by atoms with Gasteiger partial charge in [-0.3, -0.25) is 33.9 Å². The highest BCUT2D eigenvalue weighted by Gasteiger charge is 2.31. The zero-order valence-corrected chi connectivity index (χ0v) is 29.0. The van der Waals surface area contributed by atoms with Crippen molar-refractivity contribution in [3.8, 4) is 23.0 Å². The van der Waals surface area contributed by atoms with Gasteiger partial charge in [0.25, 0.3) is 6.47 Å². The van der Waals surface area contributed by atoms with Gasteiger partial charge >= 0.3 is 0 Å². The van der Waals surface area contributed by atoms with Crippen LogP contribution in [0.15, 0.2) is 95.9 Å². The van der Waals surface area contributed by atoms with E-state index >= 15 is 0 Å². The highest BCUT2D eigenvalue weighted by atomic mass is 16.5. The number of allylic oxidation sites excluding steroid dienone is 4. The van der Waals surface area contributed by atoms with Crippen molar-refractivity contribution < 1.29 is 47.7 Å². The maximum absolute atomic E-state index is 12.8. The Morgan fingerprint density at radius 2 is 1.20 bits per heavy atom. The van der Waals surface area contributed by atoms with E-state index in [1.165, 1.54) is 18.5 Å². The van der Waals surface area contributed by atoms with Gasteiger partial charge in [0.05, 0.1) is 39.6 Å². The molecule has 0 saturated heterocycles. The van der Waals surface area contributed by atoms with Gasteiger partial charge in [0.1, 0.15) is 41.0 Å². The maximum atomic E-state index is 12.8. The third kappa shape index (κ3) is 8.60. The van der Waals surface area contributed by atoms with Gasteiger partial charge in [-0.2, -0.15) is 0 Å². The first kappa shape index (κ1) is 37.4. The van der Waals surface area contributed by atoms with Crippen molar-refractivity contribution in [1.82, 2.24) is 9.97 Å². The number of pyridine rings is 2. The van der Waals surface area contributed by atoms with Crippen LogP contribution in [0.25, 0.3) is 0 Å². The Kier molecular flexibility index (Phi) is 12.7. The number of fused-ring (bicyclic) bond motifs is 2. The molecule has 2 aliphatic carbocycles. The second-order valence-electron chi connectivity index (χ2n) is 11.0. The first-order valence-electron chi connectivity index (χ1n) is 15.5. The average Bonchev–Trinajstić information content (AvgIpc) is 3.17. The number of Topliss-reactive ketones (excluding diaryl/α,β-unsaturated/α-hetero) is 3. The molecule has 4 aromatic rings. The molecule has 0 amide bonds. The summed E-state index contributed by atoms with van der Waals surface area (Å²) in [5.41, 5.74) is 4.16. The fraction of sp³-hybridized carbons (Fsp3) is 0.205. The van der Waals surface area contributed by atoms with E-state index in [-0.39, 0.29) is 41.1 Å². The number of hydrogen-bond acceptors (Lipinski definition) is 12. The van der Waals surface area contributed by atoms with Crippen LogP contribution < -0.4 is 18.9 Å². The van der Waals surface area contributed by atoms with Crippen LogP contribution in [-0.2, 0) is 22.6 Å². The third-order valence-electron chi connectivity index (χ3n) is 7.98. The summed E-state index contributed by atoms with van der Waals surface area (Å²) in [5, 5.41) is 0. The van der Waals surface area contributed by atoms with E-state index in [2.05, 4.69) is 14.7 Å². The number of nitrogens with zero attached hydrogens (tertiary/aromatic N) is 2. The van der Waals surface area contributed by atoms with Crippen LogP contribution in [0.5, 0.6) is 23.0 Å². The van der Waals surface area contributed by atoms with E-state index < -0.39 is 0 Å². The van der Waals surface area contributed by atoms with E-state index in [1.54, 1.807) is 96.9 Å². The smallest absolute Gasteiger partial charge is 0.293 e. The molecule has 0 spiro atoms. The molecule has 2 aromatic carbocycles. The Morgan fingerprint density at radius 1 is 0.647 bits per heavy atom. The SMILES string of the molecule is CC1=CC(=O)c2cccnc2C1=O.COc1ccc(OC)c(CC2=C(C)C(=O)c3ncccc3C2=O)c1.COc1ccc(OC)c(COC=O)c1. The van der Waals surface area contributed by atoms with Crippen molar-refractivity contribution in [3.63, 3.8) is 0 Å². The van der Waals surface area contributed by atoms with Crippen LogP contribution >= 0.6 is 0 Å². The van der Waals surface area contributed by atoms with E-state index in [0.29, 0.717) is 63.7 Å². The molecule has 0 N–H and O–H groups in total. The monoisotopic (exact) mass is 692 g/mol. The summed E-state index contributed by atoms with van der Waals surface area (Å²) >= 11 is 0. The quantitative estimate of drug-likeness (QED) is 0.194. The third-order valence-corrected chi connectivity index (χ3v) is 7.98. The largest absolute Gasteiger partial charge is 0.497 e. The van der Waals surface area contributed by atoms with Crippen molar-refractivity contribution in [3.05, 3.63) is 129 Å². The molecule has 12 heteroatoms. The highest BCUT2D eigenvalue weighted by Crippen LogP contribution is 2.32. The van der Waals surface area contributed by atoms with Gasteiger partial charge in [-0.15, -0.1) is 0 Å². The van der Waals surface area contributed by atoms with Crippen LogP contribution in [0.4, 0.5) is 0 Å². The molecule has 0 fully saturated rings. The Bertz CT molecular complexity index is 2050. The summed E-state index contributed by atoms with van der Waals surface area (Å²) in [6.07, 6.45) is 4.69. The van der Waals surface area contributed by atoms with Gasteiger partial charge < -0.3 is 23.7 Å². The second-order valence-corrected chi connectivity index (χ2v) is 11.0. The lowest BCUT2D eigenvalue weighted by molar-refractivity contribution is -0.129. The summed E-state index contributed by atoms with van der Waals surface area (Å²) in [6, 6.07) is 17.3. The number of aromatic nitrogens is 2. The molecule has 51 heavy (non-hydrogen) atoms. The minimum atomic E-state index is -0.206. The van der Waals surface area contributed by atoms with E-state index in [0.717, 1.165) is 11.1 Å². The van der Waals surface area contributed by atoms with Crippen LogP contribution in [0, 0.1) is 0 Å². The molecule has 0 atom stereocenters. The number of methoxy groups -OCH3 is 4. The molecular weight excluding hydrogens is 656 g/mol. The first-order chi connectivity index (χ1) is 24.6. The molecule has 0 aliphatic heterocycles. The fourth-order valence-electron chi connectivity index (χ4n) is 5.27. The van der Waals surface area contributed by atoms with Crippen LogP contribution in [0.1, 0.15) is 66.7 Å². The molecule has 2 aliphatic rings. The molecule has 262 valence electrons. The van der Waals surface area contributed by atoms with E-state index in [9.17, 15) is 24.0 Å². The topological polar surface area (TPSA) is 157 Å². The molecule has 6 rings (SSSR count). The van der Waals surface area contributed by atoms with E-state index in [1.807, 2.05) is 6.07 Å². The zero-order chi connectivity index (χ0) is 37.1. The molecule has 0 saturated carbocycles. The van der Waals surface area contributed by atoms with Gasteiger partial charge in [-0.25, -0.2) is 0 Å². The van der Waals surface area contributed by atoms with Crippen molar-refractivity contribution in [2.75, 3.05) is 28.4 Å². The molecule has 2 heterocycles. The Balaban J connectivity index is 0.000000185. The fourth-order valence-corrected chi connectivity index (χ4v) is 5.27. The molecule has 2 aromatic heterocycles. The summed E-state index contributed by atoms with van der Waals surface area (Å²) in [4.78, 5) is 66.2. The maximum Gasteiger partial charge on any atom is 0.293 e. The van der Waals surface area contributed by atoms with Crippen LogP contribution in [0.3, 0.4) is 0 Å². The molecule has 0 bridgehead atoms. The number of carbonyl (C=O) groups excluding carboxylic acids is 5. The number of rotatable bonds is 9. The predicted octanol–water partition coefficient (Wildman–Crippen LogP) is 5.82. The number of ketones is 4. The Hall–Kier alpha value is -6.43. The Labute approximate surface area is 294 Å². The lowest BCUT2D eigenvalue weighted by atomic mass is 9.84. The lowest BCUT2D eigenvalue weighted by Crippen LogP contribution is -2.23. The van der Waals surface area contributed by atoms with Gasteiger partial charge in [0.15, 0.2) is 11.6 Å². The average molecular weight is 693 g/mol. The summed E-state index contributed by atoms with van der Waals surface area (Å²) in [5.74, 6) is 2.02. The van der Waals surface area contributed by atoms with Crippen LogP contribution in [0.2, 0.25) is 0 Å². The van der Waals surface area contributed by atoms with Crippen molar-refractivity contribution in [1.29, 1.82) is 0 Å². The summed E-state index contributed by atoms with van der Waals surface area (Å²) < 4.78 is 25.4. The van der Waals surface area contributed by atoms with Gasteiger partial charge in [0, 0.05) is 46.7 Å². The zero-order valence-electron chi connectivity index (χ0n) is 29.0. The van der Waals surface area contributed by atoms with Gasteiger partial charge in [-0.1, -0.05) is 0 Å². The highest BCUT2D eigenvalue weighted by molar-refractivity contribution is 6.26. The number of benzene rings is 2. The minimum absolute atomic E-state index is 0.139. The Morgan fingerprint density at radius 3 is 1.76 bits per heavy atom. The number of hydrogen-bond donors (Lipinski definition) is 0. The molecular formula is C39H36N2O10. The normalized spacial score (nSPS) is 12.9. The molecule has 0 radical (unpaired) electrons. The van der Waals surface area contributed by atoms with Crippen molar-refractivity contribution in [2.45, 2.75) is 26.9 Å². The van der Waals surface area contributed by atoms with Crippen LogP contribution in [-0.4, -0.2) is 68.0 Å².